The van der Waals surface area contributed by atoms with Gasteiger partial charge in [0.25, 0.3) is 0 Å². The molecule has 0 unspecified atom stereocenters. The van der Waals surface area contributed by atoms with E-state index in [0.717, 1.165) is 22.4 Å². The molecule has 1 amide bonds. The summed E-state index contributed by atoms with van der Waals surface area (Å²) in [4.78, 5) is 11.5. The molecule has 3 heteroatoms. The third-order valence-corrected chi connectivity index (χ3v) is 3.84. The summed E-state index contributed by atoms with van der Waals surface area (Å²) in [6, 6.07) is 9.67. The summed E-state index contributed by atoms with van der Waals surface area (Å²) in [6.45, 7) is 8.46. The Morgan fingerprint density at radius 1 is 1.00 bits per heavy atom. The number of nitrogens with two attached hydrogens (primary N) is 1. The van der Waals surface area contributed by atoms with E-state index >= 15 is 0 Å². The van der Waals surface area contributed by atoms with Crippen molar-refractivity contribution in [1.82, 2.24) is 0 Å². The van der Waals surface area contributed by atoms with Crippen LogP contribution < -0.4 is 10.5 Å². The first-order chi connectivity index (χ1) is 9.90. The number of ether oxygens (including phenoxy) is 1. The highest BCUT2D eigenvalue weighted by Gasteiger charge is 2.12. The SMILES string of the molecule is Cc1cc(C)c(OCc2c(C)cccc2C(N)=O)cc1C. The number of aryl methyl sites for hydroxylation is 4. The smallest absolute Gasteiger partial charge is 0.249 e. The van der Waals surface area contributed by atoms with E-state index in [0.29, 0.717) is 12.2 Å². The van der Waals surface area contributed by atoms with Crippen LogP contribution in [0, 0.1) is 27.7 Å². The number of carbonyl (C=O) groups is 1. The number of primary amides is 1. The second-order valence-electron chi connectivity index (χ2n) is 5.46. The van der Waals surface area contributed by atoms with Crippen LogP contribution in [0.4, 0.5) is 0 Å². The molecule has 0 heterocycles. The normalized spacial score (nSPS) is 10.5. The number of benzene rings is 2. The molecule has 3 nitrogen and oxygen atoms in total. The lowest BCUT2D eigenvalue weighted by Gasteiger charge is -2.15. The summed E-state index contributed by atoms with van der Waals surface area (Å²) < 4.78 is 5.92. The summed E-state index contributed by atoms with van der Waals surface area (Å²) in [7, 11) is 0. The van der Waals surface area contributed by atoms with Crippen LogP contribution in [-0.2, 0) is 6.61 Å². The van der Waals surface area contributed by atoms with E-state index in [1.165, 1.54) is 11.1 Å². The van der Waals surface area contributed by atoms with E-state index < -0.39 is 5.91 Å². The molecule has 0 aromatic heterocycles. The Balaban J connectivity index is 2.29. The summed E-state index contributed by atoms with van der Waals surface area (Å²) >= 11 is 0. The monoisotopic (exact) mass is 283 g/mol. The lowest BCUT2D eigenvalue weighted by Crippen LogP contribution is -2.15. The van der Waals surface area contributed by atoms with Gasteiger partial charge in [-0.25, -0.2) is 0 Å². The zero-order valence-corrected chi connectivity index (χ0v) is 13.0. The van der Waals surface area contributed by atoms with Crippen LogP contribution in [0.2, 0.25) is 0 Å². The first-order valence-corrected chi connectivity index (χ1v) is 6.99. The zero-order chi connectivity index (χ0) is 15.6. The summed E-state index contributed by atoms with van der Waals surface area (Å²) in [5, 5.41) is 0. The molecular weight excluding hydrogens is 262 g/mol. The standard InChI is InChI=1S/C18H21NO2/c1-11-6-5-7-15(18(19)20)16(11)10-21-17-9-13(3)12(2)8-14(17)4/h5-9H,10H2,1-4H3,(H2,19,20). The molecule has 0 radical (unpaired) electrons. The van der Waals surface area contributed by atoms with Gasteiger partial charge in [0, 0.05) is 11.1 Å². The average Bonchev–Trinajstić information content (AvgIpc) is 2.42. The Morgan fingerprint density at radius 2 is 1.67 bits per heavy atom. The maximum atomic E-state index is 11.5. The van der Waals surface area contributed by atoms with Gasteiger partial charge in [0.2, 0.25) is 5.91 Å². The fraction of sp³-hybridized carbons (Fsp3) is 0.278. The molecule has 0 aliphatic rings. The molecule has 2 aromatic carbocycles. The Hall–Kier alpha value is -2.29. The van der Waals surface area contributed by atoms with Crippen molar-refractivity contribution in [3.63, 3.8) is 0 Å². The Morgan fingerprint density at radius 3 is 2.33 bits per heavy atom. The Labute approximate surface area is 125 Å². The van der Waals surface area contributed by atoms with E-state index in [9.17, 15) is 4.79 Å². The zero-order valence-electron chi connectivity index (χ0n) is 13.0. The number of carbonyl (C=O) groups excluding carboxylic acids is 1. The van der Waals surface area contributed by atoms with Gasteiger partial charge in [0.05, 0.1) is 0 Å². The van der Waals surface area contributed by atoms with Crippen LogP contribution in [0.25, 0.3) is 0 Å². The van der Waals surface area contributed by atoms with Crippen LogP contribution in [0.5, 0.6) is 5.75 Å². The van der Waals surface area contributed by atoms with Crippen molar-refractivity contribution in [2.75, 3.05) is 0 Å². The molecule has 0 spiro atoms. The third kappa shape index (κ3) is 3.24. The maximum Gasteiger partial charge on any atom is 0.249 e. The molecule has 2 N–H and O–H groups in total. The van der Waals surface area contributed by atoms with E-state index in [1.807, 2.05) is 32.0 Å². The highest BCUT2D eigenvalue weighted by atomic mass is 16.5. The number of amides is 1. The predicted molar refractivity (Wildman–Crippen MR) is 84.7 cm³/mol. The number of rotatable bonds is 4. The van der Waals surface area contributed by atoms with E-state index in [4.69, 9.17) is 10.5 Å². The van der Waals surface area contributed by atoms with Crippen molar-refractivity contribution in [1.29, 1.82) is 0 Å². The van der Waals surface area contributed by atoms with Crippen molar-refractivity contribution in [2.45, 2.75) is 34.3 Å². The second kappa shape index (κ2) is 6.00. The molecule has 110 valence electrons. The topological polar surface area (TPSA) is 52.3 Å². The van der Waals surface area contributed by atoms with Crippen molar-refractivity contribution >= 4 is 5.91 Å². The average molecular weight is 283 g/mol. The molecule has 0 aliphatic heterocycles. The van der Waals surface area contributed by atoms with Crippen molar-refractivity contribution in [3.8, 4) is 5.75 Å². The van der Waals surface area contributed by atoms with Crippen LogP contribution in [0.3, 0.4) is 0 Å². The molecule has 0 saturated carbocycles. The van der Waals surface area contributed by atoms with Crippen molar-refractivity contribution in [2.24, 2.45) is 5.73 Å². The van der Waals surface area contributed by atoms with Crippen LogP contribution in [-0.4, -0.2) is 5.91 Å². The van der Waals surface area contributed by atoms with Gasteiger partial charge in [-0.05, 0) is 62.1 Å². The Bertz CT molecular complexity index is 690. The molecule has 2 rings (SSSR count). The summed E-state index contributed by atoms with van der Waals surface area (Å²) in [6.07, 6.45) is 0. The van der Waals surface area contributed by atoms with Crippen molar-refractivity contribution < 1.29 is 9.53 Å². The summed E-state index contributed by atoms with van der Waals surface area (Å²) in [5.74, 6) is 0.422. The van der Waals surface area contributed by atoms with Crippen LogP contribution >= 0.6 is 0 Å². The van der Waals surface area contributed by atoms with Gasteiger partial charge in [-0.1, -0.05) is 18.2 Å². The highest BCUT2D eigenvalue weighted by molar-refractivity contribution is 5.94. The van der Waals surface area contributed by atoms with Gasteiger partial charge >= 0.3 is 0 Å². The number of hydrogen-bond donors (Lipinski definition) is 1. The quantitative estimate of drug-likeness (QED) is 0.932. The van der Waals surface area contributed by atoms with E-state index in [-0.39, 0.29) is 0 Å². The fourth-order valence-electron chi connectivity index (χ4n) is 2.36. The van der Waals surface area contributed by atoms with Crippen LogP contribution in [0.15, 0.2) is 30.3 Å². The molecule has 0 aliphatic carbocycles. The maximum absolute atomic E-state index is 11.5. The lowest BCUT2D eigenvalue weighted by molar-refractivity contribution is 0.0997. The third-order valence-electron chi connectivity index (χ3n) is 3.84. The number of hydrogen-bond acceptors (Lipinski definition) is 2. The molecule has 0 bridgehead atoms. The summed E-state index contributed by atoms with van der Waals surface area (Å²) in [5.41, 5.74) is 11.3. The molecular formula is C18H21NO2. The van der Waals surface area contributed by atoms with Gasteiger partial charge in [-0.2, -0.15) is 0 Å². The van der Waals surface area contributed by atoms with Gasteiger partial charge in [-0.3, -0.25) is 4.79 Å². The van der Waals surface area contributed by atoms with Gasteiger partial charge in [0.1, 0.15) is 12.4 Å². The minimum atomic E-state index is -0.422. The van der Waals surface area contributed by atoms with Gasteiger partial charge in [0.15, 0.2) is 0 Å². The minimum absolute atomic E-state index is 0.342. The van der Waals surface area contributed by atoms with Gasteiger partial charge < -0.3 is 10.5 Å². The first-order valence-electron chi connectivity index (χ1n) is 6.99. The fourth-order valence-corrected chi connectivity index (χ4v) is 2.36. The van der Waals surface area contributed by atoms with Crippen molar-refractivity contribution in [3.05, 3.63) is 63.7 Å². The molecule has 0 saturated heterocycles. The molecule has 21 heavy (non-hydrogen) atoms. The Kier molecular flexibility index (Phi) is 4.32. The van der Waals surface area contributed by atoms with Gasteiger partial charge in [-0.15, -0.1) is 0 Å². The first kappa shape index (κ1) is 15.1. The molecule has 2 aromatic rings. The highest BCUT2D eigenvalue weighted by Crippen LogP contribution is 2.24. The van der Waals surface area contributed by atoms with Crippen LogP contribution in [0.1, 0.15) is 38.2 Å². The van der Waals surface area contributed by atoms with E-state index in [2.05, 4.69) is 19.9 Å². The largest absolute Gasteiger partial charge is 0.489 e. The lowest BCUT2D eigenvalue weighted by atomic mass is 10.0. The minimum Gasteiger partial charge on any atom is -0.489 e. The predicted octanol–water partition coefficient (Wildman–Crippen LogP) is 3.60. The van der Waals surface area contributed by atoms with E-state index in [1.54, 1.807) is 6.07 Å². The molecule has 0 atom stereocenters. The second-order valence-corrected chi connectivity index (χ2v) is 5.46. The molecule has 0 fully saturated rings.